The van der Waals surface area contributed by atoms with Crippen LogP contribution in [0.15, 0.2) is 54.6 Å². The summed E-state index contributed by atoms with van der Waals surface area (Å²) in [6.07, 6.45) is 1.92. The Hall–Kier alpha value is -2.66. The number of benzene rings is 2. The van der Waals surface area contributed by atoms with Gasteiger partial charge in [-0.3, -0.25) is 9.59 Å². The Balaban J connectivity index is 1.51. The summed E-state index contributed by atoms with van der Waals surface area (Å²) in [4.78, 5) is 29.8. The molecule has 2 atom stereocenters. The van der Waals surface area contributed by atoms with Crippen LogP contribution in [-0.2, 0) is 9.53 Å². The maximum Gasteiger partial charge on any atom is 0.254 e. The van der Waals surface area contributed by atoms with Gasteiger partial charge in [-0.1, -0.05) is 48.5 Å². The van der Waals surface area contributed by atoms with Crippen LogP contribution in [0.25, 0.3) is 11.1 Å². The Labute approximate surface area is 158 Å². The largest absolute Gasteiger partial charge is 0.353 e. The fraction of sp³-hybridized carbons (Fsp3) is 0.364. The van der Waals surface area contributed by atoms with Crippen molar-refractivity contribution in [3.63, 3.8) is 0 Å². The number of hydrogen-bond acceptors (Lipinski definition) is 3. The SMILES string of the molecule is O=C(c1ccccc1-c1ccccc1)N1CC[C@@]23OCCCN2C(=O)C[C@@H]13. The van der Waals surface area contributed by atoms with E-state index in [1.807, 2.05) is 64.4 Å². The van der Waals surface area contributed by atoms with Crippen molar-refractivity contribution >= 4 is 11.8 Å². The Morgan fingerprint density at radius 3 is 2.67 bits per heavy atom. The van der Waals surface area contributed by atoms with E-state index in [0.717, 1.165) is 24.1 Å². The first-order chi connectivity index (χ1) is 13.2. The lowest BCUT2D eigenvalue weighted by molar-refractivity contribution is -0.179. The summed E-state index contributed by atoms with van der Waals surface area (Å²) in [7, 11) is 0. The van der Waals surface area contributed by atoms with Gasteiger partial charge in [0.05, 0.1) is 19.1 Å². The molecule has 3 heterocycles. The highest BCUT2D eigenvalue weighted by Crippen LogP contribution is 2.45. The van der Waals surface area contributed by atoms with E-state index >= 15 is 0 Å². The maximum absolute atomic E-state index is 13.5. The van der Waals surface area contributed by atoms with Gasteiger partial charge in [0.1, 0.15) is 0 Å². The number of carbonyl (C=O) groups excluding carboxylic acids is 2. The summed E-state index contributed by atoms with van der Waals surface area (Å²) >= 11 is 0. The van der Waals surface area contributed by atoms with Crippen LogP contribution in [0.3, 0.4) is 0 Å². The van der Waals surface area contributed by atoms with Crippen LogP contribution in [0.1, 0.15) is 29.6 Å². The normalized spacial score (nSPS) is 26.8. The molecular weight excluding hydrogens is 340 g/mol. The second-order valence-corrected chi connectivity index (χ2v) is 7.47. The third kappa shape index (κ3) is 2.42. The lowest BCUT2D eigenvalue weighted by Gasteiger charge is -2.42. The maximum atomic E-state index is 13.5. The van der Waals surface area contributed by atoms with Gasteiger partial charge in [-0.05, 0) is 23.6 Å². The average Bonchev–Trinajstić information content (AvgIpc) is 3.20. The quantitative estimate of drug-likeness (QED) is 0.825. The van der Waals surface area contributed by atoms with E-state index in [9.17, 15) is 9.59 Å². The Morgan fingerprint density at radius 1 is 1.04 bits per heavy atom. The van der Waals surface area contributed by atoms with Crippen molar-refractivity contribution in [2.24, 2.45) is 0 Å². The molecule has 5 rings (SSSR count). The van der Waals surface area contributed by atoms with Crippen LogP contribution < -0.4 is 0 Å². The van der Waals surface area contributed by atoms with E-state index in [1.54, 1.807) is 0 Å². The van der Waals surface area contributed by atoms with Crippen molar-refractivity contribution in [1.29, 1.82) is 0 Å². The highest BCUT2D eigenvalue weighted by molar-refractivity contribution is 6.01. The van der Waals surface area contributed by atoms with Crippen LogP contribution in [0.4, 0.5) is 0 Å². The van der Waals surface area contributed by atoms with Crippen LogP contribution in [-0.4, -0.2) is 53.1 Å². The molecule has 27 heavy (non-hydrogen) atoms. The Bertz CT molecular complexity index is 897. The average molecular weight is 362 g/mol. The molecule has 138 valence electrons. The third-order valence-electron chi connectivity index (χ3n) is 6.11. The third-order valence-corrected chi connectivity index (χ3v) is 6.11. The zero-order valence-electron chi connectivity index (χ0n) is 15.1. The smallest absolute Gasteiger partial charge is 0.254 e. The molecule has 0 radical (unpaired) electrons. The van der Waals surface area contributed by atoms with Gasteiger partial charge in [0, 0.05) is 25.1 Å². The molecule has 0 unspecified atom stereocenters. The zero-order chi connectivity index (χ0) is 18.4. The molecule has 5 nitrogen and oxygen atoms in total. The topological polar surface area (TPSA) is 49.9 Å². The number of likely N-dealkylation sites (tertiary alicyclic amines) is 1. The first-order valence-electron chi connectivity index (χ1n) is 9.60. The minimum atomic E-state index is -0.604. The predicted molar refractivity (Wildman–Crippen MR) is 101 cm³/mol. The van der Waals surface area contributed by atoms with Crippen molar-refractivity contribution < 1.29 is 14.3 Å². The lowest BCUT2D eigenvalue weighted by Crippen LogP contribution is -2.56. The van der Waals surface area contributed by atoms with Gasteiger partial charge in [-0.2, -0.15) is 0 Å². The first-order valence-corrected chi connectivity index (χ1v) is 9.60. The number of carbonyl (C=O) groups is 2. The summed E-state index contributed by atoms with van der Waals surface area (Å²) in [5.74, 6) is 0.0914. The van der Waals surface area contributed by atoms with Gasteiger partial charge in [-0.25, -0.2) is 0 Å². The molecule has 0 N–H and O–H groups in total. The summed E-state index contributed by atoms with van der Waals surface area (Å²) in [6, 6.07) is 17.5. The van der Waals surface area contributed by atoms with E-state index in [4.69, 9.17) is 4.74 Å². The van der Waals surface area contributed by atoms with Crippen molar-refractivity contribution in [3.05, 3.63) is 60.2 Å². The molecule has 3 saturated heterocycles. The van der Waals surface area contributed by atoms with Gasteiger partial charge in [0.2, 0.25) is 5.91 Å². The van der Waals surface area contributed by atoms with Crippen molar-refractivity contribution in [2.75, 3.05) is 19.7 Å². The standard InChI is InChI=1S/C22H22N2O3/c25-20-15-19-22(24(20)12-6-14-27-22)11-13-23(19)21(26)18-10-5-4-9-17(18)16-7-2-1-3-8-16/h1-5,7-10,19H,6,11-15H2/t19-,22+/m1/s1. The van der Waals surface area contributed by atoms with E-state index in [-0.39, 0.29) is 17.9 Å². The number of nitrogens with zero attached hydrogens (tertiary/aromatic N) is 2. The minimum Gasteiger partial charge on any atom is -0.353 e. The molecule has 5 heteroatoms. The fourth-order valence-electron chi connectivity index (χ4n) is 4.89. The summed E-state index contributed by atoms with van der Waals surface area (Å²) in [5.41, 5.74) is 2.03. The van der Waals surface area contributed by atoms with Gasteiger partial charge in [-0.15, -0.1) is 0 Å². The monoisotopic (exact) mass is 362 g/mol. The van der Waals surface area contributed by atoms with Crippen molar-refractivity contribution in [1.82, 2.24) is 9.80 Å². The van der Waals surface area contributed by atoms with Crippen molar-refractivity contribution in [2.45, 2.75) is 31.0 Å². The van der Waals surface area contributed by atoms with E-state index in [0.29, 0.717) is 31.6 Å². The van der Waals surface area contributed by atoms with Gasteiger partial charge < -0.3 is 14.5 Å². The summed E-state index contributed by atoms with van der Waals surface area (Å²) in [5, 5.41) is 0. The molecule has 3 aliphatic rings. The number of hydrogen-bond donors (Lipinski definition) is 0. The Morgan fingerprint density at radius 2 is 1.81 bits per heavy atom. The molecule has 2 aromatic carbocycles. The van der Waals surface area contributed by atoms with Crippen LogP contribution in [0.5, 0.6) is 0 Å². The lowest BCUT2D eigenvalue weighted by atomic mass is 9.98. The first kappa shape index (κ1) is 16.5. The second kappa shape index (κ2) is 6.20. The number of amides is 2. The predicted octanol–water partition coefficient (Wildman–Crippen LogP) is 2.92. The number of rotatable bonds is 2. The zero-order valence-corrected chi connectivity index (χ0v) is 15.1. The second-order valence-electron chi connectivity index (χ2n) is 7.47. The Kier molecular flexibility index (Phi) is 3.79. The van der Waals surface area contributed by atoms with Crippen molar-refractivity contribution in [3.8, 4) is 11.1 Å². The number of ether oxygens (including phenoxy) is 1. The van der Waals surface area contributed by atoms with Crippen LogP contribution in [0.2, 0.25) is 0 Å². The molecule has 3 fully saturated rings. The molecule has 0 bridgehead atoms. The minimum absolute atomic E-state index is 0.0137. The molecule has 2 amide bonds. The van der Waals surface area contributed by atoms with Gasteiger partial charge in [0.25, 0.3) is 5.91 Å². The molecule has 2 aromatic rings. The van der Waals surface area contributed by atoms with E-state index in [2.05, 4.69) is 0 Å². The molecule has 1 spiro atoms. The molecule has 0 aromatic heterocycles. The van der Waals surface area contributed by atoms with Gasteiger partial charge >= 0.3 is 0 Å². The van der Waals surface area contributed by atoms with Crippen LogP contribution >= 0.6 is 0 Å². The summed E-state index contributed by atoms with van der Waals surface area (Å²) in [6.45, 7) is 2.01. The van der Waals surface area contributed by atoms with Gasteiger partial charge in [0.15, 0.2) is 5.72 Å². The molecule has 0 saturated carbocycles. The molecule has 0 aliphatic carbocycles. The fourth-order valence-corrected chi connectivity index (χ4v) is 4.89. The molecule has 3 aliphatic heterocycles. The highest BCUT2D eigenvalue weighted by atomic mass is 16.5. The summed E-state index contributed by atoms with van der Waals surface area (Å²) < 4.78 is 6.13. The highest BCUT2D eigenvalue weighted by Gasteiger charge is 2.61. The molecular formula is C22H22N2O3. The van der Waals surface area contributed by atoms with Crippen LogP contribution in [0, 0.1) is 0 Å². The van der Waals surface area contributed by atoms with E-state index < -0.39 is 5.72 Å². The van der Waals surface area contributed by atoms with E-state index in [1.165, 1.54) is 0 Å².